The molecule has 1 saturated heterocycles. The summed E-state index contributed by atoms with van der Waals surface area (Å²) >= 11 is 0. The third-order valence-corrected chi connectivity index (χ3v) is 3.86. The van der Waals surface area contributed by atoms with Crippen molar-refractivity contribution in [1.82, 2.24) is 10.2 Å². The van der Waals surface area contributed by atoms with Gasteiger partial charge in [0.15, 0.2) is 0 Å². The van der Waals surface area contributed by atoms with Crippen LogP contribution in [0.4, 0.5) is 0 Å². The third-order valence-electron chi connectivity index (χ3n) is 3.86. The van der Waals surface area contributed by atoms with E-state index in [4.69, 9.17) is 0 Å². The highest BCUT2D eigenvalue weighted by Crippen LogP contribution is 2.17. The lowest BCUT2D eigenvalue weighted by atomic mass is 9.97. The van der Waals surface area contributed by atoms with E-state index in [1.54, 1.807) is 0 Å². The molecule has 0 radical (unpaired) electrons. The smallest absolute Gasteiger partial charge is 0.00819 e. The molecule has 2 nitrogen and oxygen atoms in total. The lowest BCUT2D eigenvalue weighted by Gasteiger charge is -2.35. The predicted octanol–water partition coefficient (Wildman–Crippen LogP) is 3.52. The molecule has 1 heterocycles. The zero-order chi connectivity index (χ0) is 13.5. The van der Waals surface area contributed by atoms with E-state index in [1.807, 2.05) is 0 Å². The average Bonchev–Trinajstić information content (AvgIpc) is 2.28. The molecule has 1 aliphatic heterocycles. The van der Waals surface area contributed by atoms with Crippen molar-refractivity contribution < 1.29 is 0 Å². The number of rotatable bonds is 7. The van der Waals surface area contributed by atoms with Crippen molar-refractivity contribution in [3.63, 3.8) is 0 Å². The van der Waals surface area contributed by atoms with E-state index in [-0.39, 0.29) is 0 Å². The van der Waals surface area contributed by atoms with Crippen LogP contribution in [0.1, 0.15) is 60.3 Å². The summed E-state index contributed by atoms with van der Waals surface area (Å²) < 4.78 is 0. The largest absolute Gasteiger partial charge is 0.314 e. The van der Waals surface area contributed by atoms with E-state index in [9.17, 15) is 0 Å². The summed E-state index contributed by atoms with van der Waals surface area (Å²) in [5, 5.41) is 3.68. The standard InChI is InChI=1S/C16H34N2/c1-13(2)11-18(12-14(3)4)15(5)10-16-8-6-7-9-17-16/h13-17H,6-12H2,1-5H3. The average molecular weight is 254 g/mol. The molecule has 2 atom stereocenters. The second-order valence-corrected chi connectivity index (χ2v) is 6.97. The second kappa shape index (κ2) is 8.16. The Bertz CT molecular complexity index is 197. The van der Waals surface area contributed by atoms with E-state index < -0.39 is 0 Å². The first kappa shape index (κ1) is 16.0. The van der Waals surface area contributed by atoms with Gasteiger partial charge in [-0.15, -0.1) is 0 Å². The highest BCUT2D eigenvalue weighted by atomic mass is 15.2. The van der Waals surface area contributed by atoms with Crippen molar-refractivity contribution in [2.75, 3.05) is 19.6 Å². The van der Waals surface area contributed by atoms with Gasteiger partial charge in [0.05, 0.1) is 0 Å². The molecule has 0 aromatic carbocycles. The molecule has 18 heavy (non-hydrogen) atoms. The number of piperidine rings is 1. The molecule has 0 amide bonds. The second-order valence-electron chi connectivity index (χ2n) is 6.97. The summed E-state index contributed by atoms with van der Waals surface area (Å²) in [4.78, 5) is 2.70. The van der Waals surface area contributed by atoms with Gasteiger partial charge in [-0.2, -0.15) is 0 Å². The number of hydrogen-bond donors (Lipinski definition) is 1. The Balaban J connectivity index is 2.43. The summed E-state index contributed by atoms with van der Waals surface area (Å²) in [7, 11) is 0. The Hall–Kier alpha value is -0.0800. The van der Waals surface area contributed by atoms with Gasteiger partial charge in [-0.05, 0) is 44.6 Å². The Labute approximate surface area is 115 Å². The molecule has 1 N–H and O–H groups in total. The van der Waals surface area contributed by atoms with Crippen LogP contribution in [0.3, 0.4) is 0 Å². The van der Waals surface area contributed by atoms with Gasteiger partial charge >= 0.3 is 0 Å². The molecule has 2 heteroatoms. The molecular formula is C16H34N2. The van der Waals surface area contributed by atoms with E-state index >= 15 is 0 Å². The van der Waals surface area contributed by atoms with E-state index in [1.165, 1.54) is 45.3 Å². The monoisotopic (exact) mass is 254 g/mol. The number of hydrogen-bond acceptors (Lipinski definition) is 2. The summed E-state index contributed by atoms with van der Waals surface area (Å²) in [6.45, 7) is 15.5. The number of nitrogens with one attached hydrogen (secondary N) is 1. The minimum atomic E-state index is 0.713. The van der Waals surface area contributed by atoms with Crippen molar-refractivity contribution in [3.8, 4) is 0 Å². The van der Waals surface area contributed by atoms with Gasteiger partial charge in [-0.3, -0.25) is 0 Å². The Kier molecular flexibility index (Phi) is 7.25. The normalized spacial score (nSPS) is 23.0. The molecule has 0 aromatic rings. The van der Waals surface area contributed by atoms with E-state index in [2.05, 4.69) is 44.8 Å². The van der Waals surface area contributed by atoms with Gasteiger partial charge in [-0.1, -0.05) is 34.1 Å². The minimum absolute atomic E-state index is 0.713. The van der Waals surface area contributed by atoms with Crippen molar-refractivity contribution in [2.24, 2.45) is 11.8 Å². The first-order chi connectivity index (χ1) is 8.49. The first-order valence-corrected chi connectivity index (χ1v) is 7.96. The molecule has 0 saturated carbocycles. The molecule has 2 unspecified atom stereocenters. The SMILES string of the molecule is CC(C)CN(CC(C)C)C(C)CC1CCCCN1. The summed E-state index contributed by atoms with van der Waals surface area (Å²) in [6.07, 6.45) is 5.48. The van der Waals surface area contributed by atoms with Crippen molar-refractivity contribution in [1.29, 1.82) is 0 Å². The van der Waals surface area contributed by atoms with E-state index in [0.29, 0.717) is 6.04 Å². The summed E-state index contributed by atoms with van der Waals surface area (Å²) in [6, 6.07) is 1.47. The van der Waals surface area contributed by atoms with Crippen LogP contribution in [-0.4, -0.2) is 36.6 Å². The molecule has 0 aromatic heterocycles. The highest BCUT2D eigenvalue weighted by Gasteiger charge is 2.21. The molecule has 1 rings (SSSR count). The van der Waals surface area contributed by atoms with Crippen LogP contribution >= 0.6 is 0 Å². The van der Waals surface area contributed by atoms with Gasteiger partial charge in [0, 0.05) is 25.2 Å². The molecule has 1 fully saturated rings. The summed E-state index contributed by atoms with van der Waals surface area (Å²) in [5.74, 6) is 1.54. The van der Waals surface area contributed by atoms with Gasteiger partial charge in [0.1, 0.15) is 0 Å². The van der Waals surface area contributed by atoms with Gasteiger partial charge < -0.3 is 10.2 Å². The Morgan fingerprint density at radius 2 is 1.61 bits per heavy atom. The van der Waals surface area contributed by atoms with Crippen LogP contribution in [-0.2, 0) is 0 Å². The van der Waals surface area contributed by atoms with Crippen LogP contribution in [0.5, 0.6) is 0 Å². The van der Waals surface area contributed by atoms with Gasteiger partial charge in [-0.25, -0.2) is 0 Å². The fraction of sp³-hybridized carbons (Fsp3) is 1.00. The zero-order valence-electron chi connectivity index (χ0n) is 13.2. The molecular weight excluding hydrogens is 220 g/mol. The van der Waals surface area contributed by atoms with E-state index in [0.717, 1.165) is 17.9 Å². The van der Waals surface area contributed by atoms with Gasteiger partial charge in [0.2, 0.25) is 0 Å². The number of nitrogens with zero attached hydrogens (tertiary/aromatic N) is 1. The molecule has 1 aliphatic rings. The fourth-order valence-electron chi connectivity index (χ4n) is 3.06. The maximum atomic E-state index is 3.68. The van der Waals surface area contributed by atoms with Crippen LogP contribution in [0.2, 0.25) is 0 Å². The molecule has 0 aliphatic carbocycles. The quantitative estimate of drug-likeness (QED) is 0.748. The Morgan fingerprint density at radius 3 is 2.06 bits per heavy atom. The zero-order valence-corrected chi connectivity index (χ0v) is 13.2. The van der Waals surface area contributed by atoms with Crippen molar-refractivity contribution in [2.45, 2.75) is 72.4 Å². The van der Waals surface area contributed by atoms with Crippen LogP contribution in [0, 0.1) is 11.8 Å². The van der Waals surface area contributed by atoms with Crippen LogP contribution < -0.4 is 5.32 Å². The minimum Gasteiger partial charge on any atom is -0.314 e. The van der Waals surface area contributed by atoms with Crippen molar-refractivity contribution >= 4 is 0 Å². The molecule has 108 valence electrons. The lowest BCUT2D eigenvalue weighted by molar-refractivity contribution is 0.145. The first-order valence-electron chi connectivity index (χ1n) is 7.96. The maximum absolute atomic E-state index is 3.68. The maximum Gasteiger partial charge on any atom is 0.00819 e. The van der Waals surface area contributed by atoms with Crippen molar-refractivity contribution in [3.05, 3.63) is 0 Å². The van der Waals surface area contributed by atoms with Crippen LogP contribution in [0.15, 0.2) is 0 Å². The van der Waals surface area contributed by atoms with Gasteiger partial charge in [0.25, 0.3) is 0 Å². The molecule has 0 bridgehead atoms. The van der Waals surface area contributed by atoms with Crippen LogP contribution in [0.25, 0.3) is 0 Å². The Morgan fingerprint density at radius 1 is 1.00 bits per heavy atom. The summed E-state index contributed by atoms with van der Waals surface area (Å²) in [5.41, 5.74) is 0. The topological polar surface area (TPSA) is 15.3 Å². The third kappa shape index (κ3) is 6.19. The molecule has 0 spiro atoms. The predicted molar refractivity (Wildman–Crippen MR) is 81.0 cm³/mol. The fourth-order valence-corrected chi connectivity index (χ4v) is 3.06. The highest BCUT2D eigenvalue weighted by molar-refractivity contribution is 4.79. The lowest BCUT2D eigenvalue weighted by Crippen LogP contribution is -2.44.